The average Bonchev–Trinajstić information content (AvgIpc) is 2.57. The summed E-state index contributed by atoms with van der Waals surface area (Å²) in [6.07, 6.45) is -3.78. The Bertz CT molecular complexity index is 390. The van der Waals surface area contributed by atoms with E-state index in [0.29, 0.717) is 18.8 Å². The van der Waals surface area contributed by atoms with Gasteiger partial charge in [-0.15, -0.1) is 5.10 Å². The number of aryl methyl sites for hydroxylation is 1. The van der Waals surface area contributed by atoms with Crippen LogP contribution in [-0.2, 0) is 19.3 Å². The molecule has 1 N–H and O–H groups in total. The second-order valence-electron chi connectivity index (χ2n) is 5.18. The van der Waals surface area contributed by atoms with Crippen LogP contribution in [0.1, 0.15) is 45.8 Å². The summed E-state index contributed by atoms with van der Waals surface area (Å²) in [5.74, 6) is -0.749. The van der Waals surface area contributed by atoms with E-state index < -0.39 is 12.0 Å². The van der Waals surface area contributed by atoms with Crippen molar-refractivity contribution < 1.29 is 13.2 Å². The van der Waals surface area contributed by atoms with Crippen molar-refractivity contribution in [1.82, 2.24) is 20.1 Å². The quantitative estimate of drug-likeness (QED) is 0.909. The van der Waals surface area contributed by atoms with Gasteiger partial charge >= 0.3 is 6.18 Å². The zero-order valence-corrected chi connectivity index (χ0v) is 11.1. The molecule has 0 spiro atoms. The van der Waals surface area contributed by atoms with Gasteiger partial charge in [0.15, 0.2) is 0 Å². The van der Waals surface area contributed by atoms with Crippen molar-refractivity contribution in [2.45, 2.75) is 58.9 Å². The molecule has 0 unspecified atom stereocenters. The number of nitrogens with zero attached hydrogens (tertiary/aromatic N) is 3. The molecule has 7 heteroatoms. The summed E-state index contributed by atoms with van der Waals surface area (Å²) in [7, 11) is 0. The fourth-order valence-corrected chi connectivity index (χ4v) is 1.36. The lowest BCUT2D eigenvalue weighted by Gasteiger charge is -2.20. The van der Waals surface area contributed by atoms with Gasteiger partial charge in [-0.3, -0.25) is 0 Å². The molecule has 0 aliphatic carbocycles. The second-order valence-corrected chi connectivity index (χ2v) is 5.18. The molecule has 0 amide bonds. The molecule has 1 aromatic heterocycles. The average molecular weight is 264 g/mol. The van der Waals surface area contributed by atoms with Crippen LogP contribution in [0.2, 0.25) is 0 Å². The SMILES string of the molecule is CCCn1nc(C(F)(F)F)nc1CNC(C)(C)C. The summed E-state index contributed by atoms with van der Waals surface area (Å²) in [4.78, 5) is 3.57. The van der Waals surface area contributed by atoms with Crippen LogP contribution in [0.5, 0.6) is 0 Å². The maximum absolute atomic E-state index is 12.5. The molecule has 104 valence electrons. The van der Waals surface area contributed by atoms with Crippen LogP contribution in [0, 0.1) is 0 Å². The van der Waals surface area contributed by atoms with Gasteiger partial charge in [0, 0.05) is 12.1 Å². The van der Waals surface area contributed by atoms with Gasteiger partial charge in [0.05, 0.1) is 6.54 Å². The lowest BCUT2D eigenvalue weighted by atomic mass is 10.1. The van der Waals surface area contributed by atoms with Gasteiger partial charge in [0.1, 0.15) is 5.82 Å². The molecule has 0 aliphatic heterocycles. The summed E-state index contributed by atoms with van der Waals surface area (Å²) >= 11 is 0. The highest BCUT2D eigenvalue weighted by atomic mass is 19.4. The Hall–Kier alpha value is -1.11. The monoisotopic (exact) mass is 264 g/mol. The van der Waals surface area contributed by atoms with Crippen molar-refractivity contribution in [3.05, 3.63) is 11.6 Å². The molecule has 4 nitrogen and oxygen atoms in total. The predicted molar refractivity (Wildman–Crippen MR) is 61.9 cm³/mol. The van der Waals surface area contributed by atoms with E-state index in [0.717, 1.165) is 0 Å². The second kappa shape index (κ2) is 5.26. The minimum atomic E-state index is -4.49. The van der Waals surface area contributed by atoms with Crippen molar-refractivity contribution >= 4 is 0 Å². The molecule has 0 saturated carbocycles. The lowest BCUT2D eigenvalue weighted by Crippen LogP contribution is -2.36. The minimum Gasteiger partial charge on any atom is -0.305 e. The normalized spacial score (nSPS) is 13.1. The summed E-state index contributed by atoms with van der Waals surface area (Å²) in [5.41, 5.74) is -0.179. The third kappa shape index (κ3) is 4.29. The standard InChI is InChI=1S/C11H19F3N4/c1-5-6-18-8(7-15-10(2,3)4)16-9(17-18)11(12,13)14/h15H,5-7H2,1-4H3. The Morgan fingerprint density at radius 3 is 2.28 bits per heavy atom. The van der Waals surface area contributed by atoms with Crippen LogP contribution in [-0.4, -0.2) is 20.3 Å². The smallest absolute Gasteiger partial charge is 0.305 e. The van der Waals surface area contributed by atoms with Crippen LogP contribution < -0.4 is 5.32 Å². The van der Waals surface area contributed by atoms with Gasteiger partial charge in [-0.05, 0) is 27.2 Å². The van der Waals surface area contributed by atoms with E-state index in [1.165, 1.54) is 4.68 Å². The third-order valence-corrected chi connectivity index (χ3v) is 2.21. The van der Waals surface area contributed by atoms with E-state index in [1.54, 1.807) is 0 Å². The first-order valence-electron chi connectivity index (χ1n) is 5.89. The Labute approximate surface area is 105 Å². The number of alkyl halides is 3. The van der Waals surface area contributed by atoms with Crippen LogP contribution in [0.25, 0.3) is 0 Å². The maximum Gasteiger partial charge on any atom is 0.453 e. The Kier molecular flexibility index (Phi) is 4.37. The minimum absolute atomic E-state index is 0.179. The topological polar surface area (TPSA) is 42.7 Å². The summed E-state index contributed by atoms with van der Waals surface area (Å²) in [6.45, 7) is 8.42. The lowest BCUT2D eigenvalue weighted by molar-refractivity contribution is -0.145. The Morgan fingerprint density at radius 2 is 1.83 bits per heavy atom. The molecule has 0 fully saturated rings. The van der Waals surface area contributed by atoms with Gasteiger partial charge < -0.3 is 5.32 Å². The zero-order valence-electron chi connectivity index (χ0n) is 11.1. The highest BCUT2D eigenvalue weighted by Crippen LogP contribution is 2.26. The first-order valence-corrected chi connectivity index (χ1v) is 5.89. The molecule has 0 bridgehead atoms. The molecular formula is C11H19F3N4. The number of rotatable bonds is 4. The van der Waals surface area contributed by atoms with E-state index in [4.69, 9.17) is 0 Å². The first kappa shape index (κ1) is 14.9. The highest BCUT2D eigenvalue weighted by molar-refractivity contribution is 4.97. The van der Waals surface area contributed by atoms with Gasteiger partial charge in [0.2, 0.25) is 0 Å². The molecule has 0 atom stereocenters. The molecule has 1 heterocycles. The molecule has 18 heavy (non-hydrogen) atoms. The van der Waals surface area contributed by atoms with Gasteiger partial charge in [-0.1, -0.05) is 6.92 Å². The predicted octanol–water partition coefficient (Wildman–Crippen LogP) is 2.60. The van der Waals surface area contributed by atoms with Crippen LogP contribution >= 0.6 is 0 Å². The zero-order chi connectivity index (χ0) is 14.0. The van der Waals surface area contributed by atoms with Crippen LogP contribution in [0.15, 0.2) is 0 Å². The van der Waals surface area contributed by atoms with Crippen molar-refractivity contribution in [3.63, 3.8) is 0 Å². The van der Waals surface area contributed by atoms with Crippen LogP contribution in [0.3, 0.4) is 0 Å². The summed E-state index contributed by atoms with van der Waals surface area (Å²) < 4.78 is 38.9. The Balaban J connectivity index is 2.91. The molecule has 1 aromatic rings. The fraction of sp³-hybridized carbons (Fsp3) is 0.818. The third-order valence-electron chi connectivity index (χ3n) is 2.21. The molecule has 1 rings (SSSR count). The van der Waals surface area contributed by atoms with E-state index in [1.807, 2.05) is 27.7 Å². The van der Waals surface area contributed by atoms with E-state index in [-0.39, 0.29) is 12.1 Å². The number of hydrogen-bond donors (Lipinski definition) is 1. The summed E-state index contributed by atoms with van der Waals surface area (Å²) in [6, 6.07) is 0. The van der Waals surface area contributed by atoms with Gasteiger partial charge in [0.25, 0.3) is 5.82 Å². The highest BCUT2D eigenvalue weighted by Gasteiger charge is 2.37. The molecule has 0 radical (unpaired) electrons. The number of halogens is 3. The maximum atomic E-state index is 12.5. The summed E-state index contributed by atoms with van der Waals surface area (Å²) in [5, 5.41) is 6.62. The molecular weight excluding hydrogens is 245 g/mol. The first-order chi connectivity index (χ1) is 8.13. The van der Waals surface area contributed by atoms with Crippen molar-refractivity contribution in [1.29, 1.82) is 0 Å². The van der Waals surface area contributed by atoms with Crippen molar-refractivity contribution in [2.75, 3.05) is 0 Å². The van der Waals surface area contributed by atoms with Crippen molar-refractivity contribution in [2.24, 2.45) is 0 Å². The van der Waals surface area contributed by atoms with Gasteiger partial charge in [-0.2, -0.15) is 13.2 Å². The number of hydrogen-bond acceptors (Lipinski definition) is 3. The molecule has 0 aliphatic rings. The number of nitrogens with one attached hydrogen (secondary N) is 1. The van der Waals surface area contributed by atoms with E-state index in [9.17, 15) is 13.2 Å². The fourth-order valence-electron chi connectivity index (χ4n) is 1.36. The largest absolute Gasteiger partial charge is 0.453 e. The van der Waals surface area contributed by atoms with Gasteiger partial charge in [-0.25, -0.2) is 9.67 Å². The Morgan fingerprint density at radius 1 is 1.22 bits per heavy atom. The van der Waals surface area contributed by atoms with Crippen LogP contribution in [0.4, 0.5) is 13.2 Å². The van der Waals surface area contributed by atoms with E-state index in [2.05, 4.69) is 15.4 Å². The molecule has 0 saturated heterocycles. The van der Waals surface area contributed by atoms with E-state index >= 15 is 0 Å². The molecule has 0 aromatic carbocycles. The number of aromatic nitrogens is 3. The van der Waals surface area contributed by atoms with Crippen molar-refractivity contribution in [3.8, 4) is 0 Å².